The molecule has 0 saturated carbocycles. The first-order valence-electron chi connectivity index (χ1n) is 6.78. The highest BCUT2D eigenvalue weighted by molar-refractivity contribution is 7.89. The monoisotopic (exact) mass is 262 g/mol. The predicted molar refractivity (Wildman–Crippen MR) is 71.5 cm³/mol. The van der Waals surface area contributed by atoms with Crippen LogP contribution in [0.1, 0.15) is 46.0 Å². The highest BCUT2D eigenvalue weighted by atomic mass is 32.2. The van der Waals surface area contributed by atoms with E-state index >= 15 is 0 Å². The Hall–Kier alpha value is -0.130. The van der Waals surface area contributed by atoms with E-state index in [1.165, 1.54) is 0 Å². The molecule has 0 unspecified atom stereocenters. The maximum Gasteiger partial charge on any atom is 0.211 e. The van der Waals surface area contributed by atoms with E-state index in [9.17, 15) is 8.42 Å². The third-order valence-corrected chi connectivity index (χ3v) is 5.05. The fraction of sp³-hybridized carbons (Fsp3) is 1.00. The van der Waals surface area contributed by atoms with Crippen LogP contribution in [-0.4, -0.2) is 33.3 Å². The largest absolute Gasteiger partial charge is 0.317 e. The van der Waals surface area contributed by atoms with E-state index in [1.54, 1.807) is 0 Å². The molecule has 0 aromatic heterocycles. The van der Waals surface area contributed by atoms with Gasteiger partial charge >= 0.3 is 0 Å². The summed E-state index contributed by atoms with van der Waals surface area (Å²) in [6.07, 6.45) is 4.75. The van der Waals surface area contributed by atoms with Crippen LogP contribution in [0.2, 0.25) is 0 Å². The van der Waals surface area contributed by atoms with Crippen molar-refractivity contribution in [2.24, 2.45) is 5.92 Å². The van der Waals surface area contributed by atoms with Crippen LogP contribution in [0.5, 0.6) is 0 Å². The molecule has 0 aromatic carbocycles. The summed E-state index contributed by atoms with van der Waals surface area (Å²) in [6, 6.07) is 0.105. The smallest absolute Gasteiger partial charge is 0.211 e. The number of hydrogen-bond acceptors (Lipinski definition) is 3. The van der Waals surface area contributed by atoms with E-state index in [1.807, 2.05) is 13.8 Å². The Morgan fingerprint density at radius 3 is 2.35 bits per heavy atom. The molecule has 4 nitrogen and oxygen atoms in total. The number of piperidine rings is 1. The lowest BCUT2D eigenvalue weighted by molar-refractivity contribution is 0.364. The molecule has 1 fully saturated rings. The van der Waals surface area contributed by atoms with Crippen molar-refractivity contribution in [1.29, 1.82) is 0 Å². The van der Waals surface area contributed by atoms with E-state index in [2.05, 4.69) is 10.0 Å². The Morgan fingerprint density at radius 2 is 1.82 bits per heavy atom. The molecule has 1 saturated heterocycles. The Labute approximate surface area is 106 Å². The van der Waals surface area contributed by atoms with Gasteiger partial charge in [0.05, 0.1) is 5.75 Å². The van der Waals surface area contributed by atoms with Gasteiger partial charge in [0.15, 0.2) is 0 Å². The van der Waals surface area contributed by atoms with Crippen molar-refractivity contribution in [1.82, 2.24) is 10.0 Å². The van der Waals surface area contributed by atoms with Crippen molar-refractivity contribution in [3.8, 4) is 0 Å². The molecule has 0 aliphatic carbocycles. The summed E-state index contributed by atoms with van der Waals surface area (Å²) in [4.78, 5) is 0. The van der Waals surface area contributed by atoms with Gasteiger partial charge in [-0.15, -0.1) is 0 Å². The minimum atomic E-state index is -3.07. The maximum atomic E-state index is 11.9. The third-order valence-electron chi connectivity index (χ3n) is 3.59. The Bertz CT molecular complexity index is 294. The SMILES string of the molecule is CCC(CC)NS(=O)(=O)CCC1CCNCC1. The lowest BCUT2D eigenvalue weighted by Crippen LogP contribution is -2.36. The summed E-state index contributed by atoms with van der Waals surface area (Å²) < 4.78 is 26.5. The lowest BCUT2D eigenvalue weighted by Gasteiger charge is -2.23. The molecule has 0 atom stereocenters. The Kier molecular flexibility index (Phi) is 6.44. The van der Waals surface area contributed by atoms with Gasteiger partial charge in [-0.25, -0.2) is 13.1 Å². The van der Waals surface area contributed by atoms with Gasteiger partial charge in [0.2, 0.25) is 10.0 Å². The average molecular weight is 262 g/mol. The highest BCUT2D eigenvalue weighted by Gasteiger charge is 2.19. The van der Waals surface area contributed by atoms with Crippen molar-refractivity contribution in [2.45, 2.75) is 52.0 Å². The van der Waals surface area contributed by atoms with E-state index in [0.717, 1.165) is 45.2 Å². The molecule has 1 aliphatic heterocycles. The average Bonchev–Trinajstić information content (AvgIpc) is 2.35. The van der Waals surface area contributed by atoms with Crippen LogP contribution in [-0.2, 0) is 10.0 Å². The maximum absolute atomic E-state index is 11.9. The topological polar surface area (TPSA) is 58.2 Å². The number of rotatable bonds is 7. The van der Waals surface area contributed by atoms with Gasteiger partial charge < -0.3 is 5.32 Å². The Morgan fingerprint density at radius 1 is 1.24 bits per heavy atom. The number of nitrogens with one attached hydrogen (secondary N) is 2. The van der Waals surface area contributed by atoms with E-state index in [0.29, 0.717) is 5.92 Å². The Balaban J connectivity index is 2.32. The van der Waals surface area contributed by atoms with Crippen LogP contribution in [0, 0.1) is 5.92 Å². The van der Waals surface area contributed by atoms with Crippen molar-refractivity contribution in [3.05, 3.63) is 0 Å². The fourth-order valence-corrected chi connectivity index (χ4v) is 3.86. The van der Waals surface area contributed by atoms with Crippen molar-refractivity contribution in [2.75, 3.05) is 18.8 Å². The summed E-state index contributed by atoms with van der Waals surface area (Å²) in [5.41, 5.74) is 0. The standard InChI is InChI=1S/C12H26N2O2S/c1-3-12(4-2)14-17(15,16)10-7-11-5-8-13-9-6-11/h11-14H,3-10H2,1-2H3. The van der Waals surface area contributed by atoms with Gasteiger partial charge in [-0.3, -0.25) is 0 Å². The van der Waals surface area contributed by atoms with Crippen LogP contribution in [0.25, 0.3) is 0 Å². The summed E-state index contributed by atoms with van der Waals surface area (Å²) in [5.74, 6) is 0.864. The molecule has 0 aromatic rings. The lowest BCUT2D eigenvalue weighted by atomic mass is 9.96. The summed E-state index contributed by atoms with van der Waals surface area (Å²) in [5, 5.41) is 3.30. The van der Waals surface area contributed by atoms with Gasteiger partial charge in [-0.05, 0) is 51.1 Å². The molecule has 1 aliphatic rings. The van der Waals surface area contributed by atoms with Gasteiger partial charge in [-0.2, -0.15) is 0 Å². The zero-order valence-corrected chi connectivity index (χ0v) is 11.9. The first-order chi connectivity index (χ1) is 8.07. The first kappa shape index (κ1) is 14.9. The van der Waals surface area contributed by atoms with Gasteiger partial charge in [0, 0.05) is 6.04 Å². The minimum Gasteiger partial charge on any atom is -0.317 e. The molecular formula is C12H26N2O2S. The second kappa shape index (κ2) is 7.34. The summed E-state index contributed by atoms with van der Waals surface area (Å²) in [7, 11) is -3.07. The molecule has 0 amide bonds. The van der Waals surface area contributed by atoms with Crippen molar-refractivity contribution in [3.63, 3.8) is 0 Å². The zero-order valence-electron chi connectivity index (χ0n) is 11.0. The highest BCUT2D eigenvalue weighted by Crippen LogP contribution is 2.16. The molecule has 2 N–H and O–H groups in total. The van der Waals surface area contributed by atoms with E-state index in [4.69, 9.17) is 0 Å². The predicted octanol–water partition coefficient (Wildman–Crippen LogP) is 1.48. The number of sulfonamides is 1. The molecule has 1 heterocycles. The molecule has 0 radical (unpaired) electrons. The molecule has 0 bridgehead atoms. The van der Waals surface area contributed by atoms with E-state index in [-0.39, 0.29) is 11.8 Å². The normalized spacial score (nSPS) is 18.8. The third kappa shape index (κ3) is 5.84. The van der Waals surface area contributed by atoms with Gasteiger partial charge in [-0.1, -0.05) is 13.8 Å². The van der Waals surface area contributed by atoms with Crippen molar-refractivity contribution >= 4 is 10.0 Å². The van der Waals surface area contributed by atoms with Crippen LogP contribution >= 0.6 is 0 Å². The molecular weight excluding hydrogens is 236 g/mol. The quantitative estimate of drug-likeness (QED) is 0.731. The minimum absolute atomic E-state index is 0.105. The van der Waals surface area contributed by atoms with Crippen LogP contribution < -0.4 is 10.0 Å². The summed E-state index contributed by atoms with van der Waals surface area (Å²) in [6.45, 7) is 6.10. The number of hydrogen-bond donors (Lipinski definition) is 2. The summed E-state index contributed by atoms with van der Waals surface area (Å²) >= 11 is 0. The second-order valence-electron chi connectivity index (χ2n) is 4.93. The molecule has 5 heteroatoms. The van der Waals surface area contributed by atoms with Crippen molar-refractivity contribution < 1.29 is 8.42 Å². The fourth-order valence-electron chi connectivity index (χ4n) is 2.26. The first-order valence-corrected chi connectivity index (χ1v) is 8.43. The molecule has 102 valence electrons. The molecule has 17 heavy (non-hydrogen) atoms. The van der Waals surface area contributed by atoms with Crippen LogP contribution in [0.15, 0.2) is 0 Å². The molecule has 1 rings (SSSR count). The molecule has 0 spiro atoms. The zero-order chi connectivity index (χ0) is 12.7. The second-order valence-corrected chi connectivity index (χ2v) is 6.81. The van der Waals surface area contributed by atoms with Gasteiger partial charge in [0.25, 0.3) is 0 Å². The van der Waals surface area contributed by atoms with Crippen LogP contribution in [0.4, 0.5) is 0 Å². The van der Waals surface area contributed by atoms with Gasteiger partial charge in [0.1, 0.15) is 0 Å². The van der Waals surface area contributed by atoms with E-state index < -0.39 is 10.0 Å². The van der Waals surface area contributed by atoms with Crippen LogP contribution in [0.3, 0.4) is 0 Å².